The van der Waals surface area contributed by atoms with Gasteiger partial charge in [0.2, 0.25) is 0 Å². The zero-order valence-corrected chi connectivity index (χ0v) is 20.0. The van der Waals surface area contributed by atoms with Crippen LogP contribution in [0.5, 0.6) is 0 Å². The summed E-state index contributed by atoms with van der Waals surface area (Å²) in [5.74, 6) is 1.92. The molecule has 27 heavy (non-hydrogen) atoms. The van der Waals surface area contributed by atoms with Crippen molar-refractivity contribution in [1.82, 2.24) is 20.4 Å². The third-order valence-corrected chi connectivity index (χ3v) is 4.97. The van der Waals surface area contributed by atoms with Gasteiger partial charge < -0.3 is 19.5 Å². The van der Waals surface area contributed by atoms with Crippen molar-refractivity contribution in [2.24, 2.45) is 4.99 Å². The van der Waals surface area contributed by atoms with Crippen LogP contribution in [0.1, 0.15) is 61.9 Å². The molecular weight excluding hydrogens is 477 g/mol. The molecule has 152 valence electrons. The lowest BCUT2D eigenvalue weighted by molar-refractivity contribution is 0.119. The molecule has 2 heterocycles. The van der Waals surface area contributed by atoms with Crippen LogP contribution in [0.4, 0.5) is 0 Å². The van der Waals surface area contributed by atoms with Gasteiger partial charge in [-0.2, -0.15) is 0 Å². The van der Waals surface area contributed by atoms with Crippen LogP contribution in [0, 0.1) is 0 Å². The number of halogens is 1. The molecule has 1 unspecified atom stereocenters. The third kappa shape index (κ3) is 7.04. The highest BCUT2D eigenvalue weighted by atomic mass is 127. The lowest BCUT2D eigenvalue weighted by Crippen LogP contribution is -2.38. The van der Waals surface area contributed by atoms with Crippen molar-refractivity contribution in [2.75, 3.05) is 20.7 Å². The van der Waals surface area contributed by atoms with Crippen LogP contribution in [-0.2, 0) is 17.8 Å². The topological polar surface area (TPSA) is 75.8 Å². The number of aromatic nitrogens is 2. The fourth-order valence-corrected chi connectivity index (χ4v) is 3.14. The van der Waals surface area contributed by atoms with E-state index in [0.717, 1.165) is 34.7 Å². The minimum Gasteiger partial charge on any atom is -0.375 e. The first-order valence-electron chi connectivity index (χ1n) is 8.86. The summed E-state index contributed by atoms with van der Waals surface area (Å²) in [7, 11) is 3.70. The van der Waals surface area contributed by atoms with E-state index < -0.39 is 0 Å². The molecule has 9 heteroatoms. The first kappa shape index (κ1) is 23.8. The molecule has 0 amide bonds. The summed E-state index contributed by atoms with van der Waals surface area (Å²) >= 11 is 1.62. The summed E-state index contributed by atoms with van der Waals surface area (Å²) in [4.78, 5) is 11.4. The number of methoxy groups -OCH3 is 1. The molecule has 1 atom stereocenters. The van der Waals surface area contributed by atoms with E-state index >= 15 is 0 Å². The largest absolute Gasteiger partial charge is 0.375 e. The van der Waals surface area contributed by atoms with E-state index in [4.69, 9.17) is 9.26 Å². The number of rotatable bonds is 8. The van der Waals surface area contributed by atoms with Crippen LogP contribution >= 0.6 is 35.3 Å². The summed E-state index contributed by atoms with van der Waals surface area (Å²) in [6.07, 6.45) is 0.0163. The average molecular weight is 507 g/mol. The number of ether oxygens (including phenoxy) is 1. The second-order valence-electron chi connectivity index (χ2n) is 6.45. The molecule has 0 aliphatic heterocycles. The third-order valence-electron chi connectivity index (χ3n) is 3.92. The lowest BCUT2D eigenvalue weighted by Gasteiger charge is -2.21. The summed E-state index contributed by atoms with van der Waals surface area (Å²) in [6.45, 7) is 10.2. The first-order valence-corrected chi connectivity index (χ1v) is 9.74. The molecule has 0 bridgehead atoms. The molecule has 0 aromatic carbocycles. The van der Waals surface area contributed by atoms with Crippen LogP contribution < -0.4 is 5.32 Å². The number of guanidine groups is 1. The first-order chi connectivity index (χ1) is 12.4. The summed E-state index contributed by atoms with van der Waals surface area (Å²) in [5.41, 5.74) is 1.96. The average Bonchev–Trinajstić information content (AvgIpc) is 3.27. The highest BCUT2D eigenvalue weighted by Crippen LogP contribution is 2.21. The van der Waals surface area contributed by atoms with Crippen molar-refractivity contribution in [2.45, 2.75) is 52.8 Å². The van der Waals surface area contributed by atoms with Gasteiger partial charge in [-0.25, -0.2) is 9.98 Å². The lowest BCUT2D eigenvalue weighted by atomic mass is 10.1. The van der Waals surface area contributed by atoms with E-state index in [1.165, 1.54) is 0 Å². The van der Waals surface area contributed by atoms with Gasteiger partial charge in [0.25, 0.3) is 0 Å². The molecule has 2 aromatic heterocycles. The monoisotopic (exact) mass is 507 g/mol. The van der Waals surface area contributed by atoms with Gasteiger partial charge in [0.1, 0.15) is 17.7 Å². The van der Waals surface area contributed by atoms with E-state index in [1.807, 2.05) is 20.0 Å². The minimum absolute atomic E-state index is 0. The molecule has 1 N–H and O–H groups in total. The second-order valence-corrected chi connectivity index (χ2v) is 7.34. The highest BCUT2D eigenvalue weighted by molar-refractivity contribution is 14.0. The van der Waals surface area contributed by atoms with Gasteiger partial charge >= 0.3 is 0 Å². The Bertz CT molecular complexity index is 716. The van der Waals surface area contributed by atoms with Crippen LogP contribution in [0.15, 0.2) is 21.0 Å². The van der Waals surface area contributed by atoms with Gasteiger partial charge in [0.15, 0.2) is 11.7 Å². The quantitative estimate of drug-likeness (QED) is 0.328. The molecule has 0 radical (unpaired) electrons. The van der Waals surface area contributed by atoms with E-state index in [-0.39, 0.29) is 30.1 Å². The normalized spacial score (nSPS) is 12.8. The SMILES string of the molecule is CCNC(=NCc1cc(C(C)C)no1)N(C)Cc1csc(C(C)OC)n1.I. The van der Waals surface area contributed by atoms with E-state index in [1.54, 1.807) is 18.4 Å². The van der Waals surface area contributed by atoms with Crippen molar-refractivity contribution >= 4 is 41.3 Å². The summed E-state index contributed by atoms with van der Waals surface area (Å²) < 4.78 is 10.7. The van der Waals surface area contributed by atoms with Crippen LogP contribution in [0.25, 0.3) is 0 Å². The maximum atomic E-state index is 5.37. The molecular formula is C18H30IN5O2S. The van der Waals surface area contributed by atoms with E-state index in [0.29, 0.717) is 19.0 Å². The van der Waals surface area contributed by atoms with Crippen LogP contribution in [0.3, 0.4) is 0 Å². The fourth-order valence-electron chi connectivity index (χ4n) is 2.30. The molecule has 0 saturated carbocycles. The molecule has 7 nitrogen and oxygen atoms in total. The van der Waals surface area contributed by atoms with Gasteiger partial charge in [-0.15, -0.1) is 35.3 Å². The number of aliphatic imine (C=N–C) groups is 1. The number of thiazole rings is 1. The maximum absolute atomic E-state index is 5.37. The Balaban J connectivity index is 0.00000364. The number of hydrogen-bond donors (Lipinski definition) is 1. The van der Waals surface area contributed by atoms with Crippen molar-refractivity contribution in [3.8, 4) is 0 Å². The minimum atomic E-state index is 0. The molecule has 2 aromatic rings. The number of hydrogen-bond acceptors (Lipinski definition) is 6. The zero-order valence-electron chi connectivity index (χ0n) is 16.9. The Morgan fingerprint density at radius 3 is 2.74 bits per heavy atom. The molecule has 0 aliphatic rings. The molecule has 0 fully saturated rings. The molecule has 0 aliphatic carbocycles. The number of nitrogens with one attached hydrogen (secondary N) is 1. The van der Waals surface area contributed by atoms with Crippen molar-refractivity contribution in [1.29, 1.82) is 0 Å². The standard InChI is InChI=1S/C18H29N5O2S.HI/c1-7-19-18(20-9-15-8-16(12(2)3)22-25-15)23(5)10-14-11-26-17(21-14)13(4)24-6;/h8,11-13H,7,9-10H2,1-6H3,(H,19,20);1H. The van der Waals surface area contributed by atoms with Crippen molar-refractivity contribution < 1.29 is 9.26 Å². The zero-order chi connectivity index (χ0) is 19.1. The molecule has 0 saturated heterocycles. The molecule has 2 rings (SSSR count). The number of nitrogens with zero attached hydrogens (tertiary/aromatic N) is 4. The predicted octanol–water partition coefficient (Wildman–Crippen LogP) is 4.18. The Kier molecular flexibility index (Phi) is 10.2. The van der Waals surface area contributed by atoms with Crippen LogP contribution in [0.2, 0.25) is 0 Å². The van der Waals surface area contributed by atoms with Crippen LogP contribution in [-0.4, -0.2) is 41.7 Å². The second kappa shape index (κ2) is 11.6. The Labute approximate surface area is 182 Å². The van der Waals surface area contributed by atoms with Crippen molar-refractivity contribution in [3.05, 3.63) is 33.6 Å². The van der Waals surface area contributed by atoms with E-state index in [9.17, 15) is 0 Å². The highest BCUT2D eigenvalue weighted by Gasteiger charge is 2.13. The Morgan fingerprint density at radius 1 is 1.41 bits per heavy atom. The van der Waals surface area contributed by atoms with Gasteiger partial charge in [-0.05, 0) is 19.8 Å². The van der Waals surface area contributed by atoms with E-state index in [2.05, 4.69) is 51.5 Å². The predicted molar refractivity (Wildman–Crippen MR) is 120 cm³/mol. The van der Waals surface area contributed by atoms with Gasteiger partial charge in [-0.3, -0.25) is 0 Å². The van der Waals surface area contributed by atoms with Crippen molar-refractivity contribution in [3.63, 3.8) is 0 Å². The summed E-state index contributed by atoms with van der Waals surface area (Å²) in [6, 6.07) is 1.97. The van der Waals surface area contributed by atoms with Gasteiger partial charge in [0.05, 0.1) is 17.9 Å². The van der Waals surface area contributed by atoms with Gasteiger partial charge in [0, 0.05) is 32.1 Å². The fraction of sp³-hybridized carbons (Fsp3) is 0.611. The Morgan fingerprint density at radius 2 is 2.15 bits per heavy atom. The smallest absolute Gasteiger partial charge is 0.194 e. The maximum Gasteiger partial charge on any atom is 0.194 e. The Hall–Kier alpha value is -1.20. The van der Waals surface area contributed by atoms with Gasteiger partial charge in [-0.1, -0.05) is 19.0 Å². The molecule has 0 spiro atoms. The summed E-state index contributed by atoms with van der Waals surface area (Å²) in [5, 5.41) is 10.4.